The van der Waals surface area contributed by atoms with Gasteiger partial charge in [0.25, 0.3) is 0 Å². The second-order valence-electron chi connectivity index (χ2n) is 5.42. The molecule has 112 valence electrons. The largest absolute Gasteiger partial charge is 0.315 e. The summed E-state index contributed by atoms with van der Waals surface area (Å²) in [6.07, 6.45) is 0.650. The monoisotopic (exact) mass is 283 g/mol. The lowest BCUT2D eigenvalue weighted by Crippen LogP contribution is -2.46. The molecule has 20 heavy (non-hydrogen) atoms. The van der Waals surface area contributed by atoms with Gasteiger partial charge >= 0.3 is 0 Å². The van der Waals surface area contributed by atoms with Crippen LogP contribution in [0.5, 0.6) is 0 Å². The molecular formula is C15H23F2N3. The number of hydrogen-bond donors (Lipinski definition) is 1. The third-order valence-electron chi connectivity index (χ3n) is 3.71. The Bertz CT molecular complexity index is 397. The third kappa shape index (κ3) is 5.15. The van der Waals surface area contributed by atoms with Crippen molar-refractivity contribution in [3.05, 3.63) is 35.4 Å². The molecule has 0 bridgehead atoms. The fourth-order valence-electron chi connectivity index (χ4n) is 2.42. The first-order chi connectivity index (χ1) is 9.63. The van der Waals surface area contributed by atoms with Gasteiger partial charge < -0.3 is 10.2 Å². The molecule has 0 aromatic heterocycles. The van der Waals surface area contributed by atoms with Gasteiger partial charge in [-0.1, -0.05) is 0 Å². The SMILES string of the molecule is CN1CCN(CCNCCc2cc(F)cc(F)c2)CC1. The molecule has 1 heterocycles. The van der Waals surface area contributed by atoms with Crippen molar-refractivity contribution < 1.29 is 8.78 Å². The molecule has 0 amide bonds. The minimum absolute atomic E-state index is 0.502. The van der Waals surface area contributed by atoms with Crippen molar-refractivity contribution in [2.24, 2.45) is 0 Å². The first kappa shape index (κ1) is 15.4. The van der Waals surface area contributed by atoms with E-state index in [0.717, 1.165) is 51.9 Å². The van der Waals surface area contributed by atoms with E-state index in [1.165, 1.54) is 12.1 Å². The van der Waals surface area contributed by atoms with Gasteiger partial charge in [0.2, 0.25) is 0 Å². The molecule has 0 saturated carbocycles. The lowest BCUT2D eigenvalue weighted by molar-refractivity contribution is 0.155. The summed E-state index contributed by atoms with van der Waals surface area (Å²) in [6, 6.07) is 3.70. The summed E-state index contributed by atoms with van der Waals surface area (Å²) in [6.45, 7) is 7.19. The number of hydrogen-bond acceptors (Lipinski definition) is 3. The number of halogens is 2. The maximum Gasteiger partial charge on any atom is 0.126 e. The molecule has 1 aliphatic heterocycles. The molecule has 3 nitrogen and oxygen atoms in total. The van der Waals surface area contributed by atoms with E-state index in [9.17, 15) is 8.78 Å². The molecule has 2 rings (SSSR count). The topological polar surface area (TPSA) is 18.5 Å². The third-order valence-corrected chi connectivity index (χ3v) is 3.71. The number of piperazine rings is 1. The van der Waals surface area contributed by atoms with Crippen molar-refractivity contribution >= 4 is 0 Å². The summed E-state index contributed by atoms with van der Waals surface area (Å²) in [7, 11) is 2.15. The van der Waals surface area contributed by atoms with E-state index in [0.29, 0.717) is 12.0 Å². The van der Waals surface area contributed by atoms with Crippen LogP contribution in [0.4, 0.5) is 8.78 Å². The molecule has 0 spiro atoms. The summed E-state index contributed by atoms with van der Waals surface area (Å²) in [4.78, 5) is 4.78. The van der Waals surface area contributed by atoms with Crippen LogP contribution in [0.25, 0.3) is 0 Å². The Kier molecular flexibility index (Phi) is 5.88. The number of benzene rings is 1. The van der Waals surface area contributed by atoms with Crippen LogP contribution in [-0.4, -0.2) is 62.7 Å². The van der Waals surface area contributed by atoms with E-state index in [4.69, 9.17) is 0 Å². The van der Waals surface area contributed by atoms with E-state index in [1.54, 1.807) is 0 Å². The lowest BCUT2D eigenvalue weighted by Gasteiger charge is -2.32. The van der Waals surface area contributed by atoms with Gasteiger partial charge in [0.15, 0.2) is 0 Å². The smallest absolute Gasteiger partial charge is 0.126 e. The Hall–Kier alpha value is -1.04. The molecule has 0 radical (unpaired) electrons. The van der Waals surface area contributed by atoms with E-state index in [2.05, 4.69) is 22.2 Å². The van der Waals surface area contributed by atoms with Gasteiger partial charge in [-0.15, -0.1) is 0 Å². The highest BCUT2D eigenvalue weighted by atomic mass is 19.1. The average Bonchev–Trinajstić information content (AvgIpc) is 2.39. The van der Waals surface area contributed by atoms with Crippen molar-refractivity contribution in [3.8, 4) is 0 Å². The van der Waals surface area contributed by atoms with Crippen molar-refractivity contribution in [1.82, 2.24) is 15.1 Å². The quantitative estimate of drug-likeness (QED) is 0.795. The molecule has 0 atom stereocenters. The van der Waals surface area contributed by atoms with Crippen LogP contribution in [0.1, 0.15) is 5.56 Å². The van der Waals surface area contributed by atoms with Crippen LogP contribution in [0, 0.1) is 11.6 Å². The Balaban J connectivity index is 1.59. The van der Waals surface area contributed by atoms with Gasteiger partial charge in [0.1, 0.15) is 11.6 Å². The minimum Gasteiger partial charge on any atom is -0.315 e. The van der Waals surface area contributed by atoms with Crippen LogP contribution in [-0.2, 0) is 6.42 Å². The molecule has 1 saturated heterocycles. The van der Waals surface area contributed by atoms with Crippen molar-refractivity contribution in [3.63, 3.8) is 0 Å². The summed E-state index contributed by atoms with van der Waals surface area (Å²) in [5.41, 5.74) is 0.703. The van der Waals surface area contributed by atoms with Crippen LogP contribution in [0.15, 0.2) is 18.2 Å². The Morgan fingerprint density at radius 1 is 1.00 bits per heavy atom. The number of likely N-dealkylation sites (N-methyl/N-ethyl adjacent to an activating group) is 1. The first-order valence-corrected chi connectivity index (χ1v) is 7.20. The van der Waals surface area contributed by atoms with Gasteiger partial charge in [-0.25, -0.2) is 8.78 Å². The normalized spacial score (nSPS) is 17.6. The minimum atomic E-state index is -0.502. The van der Waals surface area contributed by atoms with Crippen LogP contribution in [0.3, 0.4) is 0 Å². The summed E-state index contributed by atoms with van der Waals surface area (Å²) < 4.78 is 26.0. The van der Waals surface area contributed by atoms with E-state index >= 15 is 0 Å². The van der Waals surface area contributed by atoms with E-state index in [-0.39, 0.29) is 0 Å². The molecule has 0 aliphatic carbocycles. The van der Waals surface area contributed by atoms with Crippen molar-refractivity contribution in [1.29, 1.82) is 0 Å². The maximum absolute atomic E-state index is 13.0. The number of rotatable bonds is 6. The van der Waals surface area contributed by atoms with Crippen LogP contribution in [0.2, 0.25) is 0 Å². The molecule has 1 fully saturated rings. The van der Waals surface area contributed by atoms with Gasteiger partial charge in [-0.3, -0.25) is 4.90 Å². The molecule has 1 N–H and O–H groups in total. The predicted octanol–water partition coefficient (Wildman–Crippen LogP) is 1.34. The van der Waals surface area contributed by atoms with Gasteiger partial charge in [0, 0.05) is 45.3 Å². The van der Waals surface area contributed by atoms with Gasteiger partial charge in [0.05, 0.1) is 0 Å². The standard InChI is InChI=1S/C15H23F2N3/c1-19-6-8-20(9-7-19)5-4-18-3-2-13-10-14(16)12-15(17)11-13/h10-12,18H,2-9H2,1H3. The highest BCUT2D eigenvalue weighted by molar-refractivity contribution is 5.18. The highest BCUT2D eigenvalue weighted by Gasteiger charge is 2.12. The van der Waals surface area contributed by atoms with Crippen molar-refractivity contribution in [2.45, 2.75) is 6.42 Å². The Morgan fingerprint density at radius 3 is 2.30 bits per heavy atom. The predicted molar refractivity (Wildman–Crippen MR) is 76.9 cm³/mol. The molecule has 1 aliphatic rings. The van der Waals surface area contributed by atoms with Crippen molar-refractivity contribution in [2.75, 3.05) is 52.9 Å². The Morgan fingerprint density at radius 2 is 1.65 bits per heavy atom. The van der Waals surface area contributed by atoms with Gasteiger partial charge in [-0.05, 0) is 37.7 Å². The molecular weight excluding hydrogens is 260 g/mol. The summed E-state index contributed by atoms with van der Waals surface area (Å²) >= 11 is 0. The fraction of sp³-hybridized carbons (Fsp3) is 0.600. The lowest BCUT2D eigenvalue weighted by atomic mass is 10.1. The van der Waals surface area contributed by atoms with Crippen LogP contribution < -0.4 is 5.32 Å². The average molecular weight is 283 g/mol. The maximum atomic E-state index is 13.0. The van der Waals surface area contributed by atoms with E-state index in [1.807, 2.05) is 0 Å². The molecule has 1 aromatic rings. The zero-order valence-electron chi connectivity index (χ0n) is 12.0. The van der Waals surface area contributed by atoms with E-state index < -0.39 is 11.6 Å². The highest BCUT2D eigenvalue weighted by Crippen LogP contribution is 2.08. The van der Waals surface area contributed by atoms with Crippen LogP contribution >= 0.6 is 0 Å². The zero-order chi connectivity index (χ0) is 14.4. The number of nitrogens with zero attached hydrogens (tertiary/aromatic N) is 2. The van der Waals surface area contributed by atoms with Gasteiger partial charge in [-0.2, -0.15) is 0 Å². The fourth-order valence-corrected chi connectivity index (χ4v) is 2.42. The zero-order valence-corrected chi connectivity index (χ0v) is 12.0. The second kappa shape index (κ2) is 7.67. The molecule has 1 aromatic carbocycles. The molecule has 0 unspecified atom stereocenters. The number of nitrogens with one attached hydrogen (secondary N) is 1. The second-order valence-corrected chi connectivity index (χ2v) is 5.42. The Labute approximate surface area is 119 Å². The first-order valence-electron chi connectivity index (χ1n) is 7.20. The summed E-state index contributed by atoms with van der Waals surface area (Å²) in [5, 5.41) is 3.33. The summed E-state index contributed by atoms with van der Waals surface area (Å²) in [5.74, 6) is -1.00. The molecule has 5 heteroatoms.